The van der Waals surface area contributed by atoms with E-state index in [9.17, 15) is 13.2 Å². The number of aryl methyl sites for hydroxylation is 2. The number of carbonyl (C=O) groups is 1. The largest absolute Gasteiger partial charge is 0.494 e. The molecule has 1 amide bonds. The lowest BCUT2D eigenvalue weighted by Crippen LogP contribution is -2.38. The zero-order valence-corrected chi connectivity index (χ0v) is 21.3. The highest BCUT2D eigenvalue weighted by atomic mass is 32.2. The number of carbonyl (C=O) groups excluding carboxylic acids is 1. The van der Waals surface area contributed by atoms with Gasteiger partial charge < -0.3 is 19.5 Å². The SMILES string of the molecule is CCOc1cccc(NC(=O)CN(c2cc(C)cc(C)c2)S(=O)(=O)c2ccc(OC)c(OC)c2)c1. The maximum absolute atomic E-state index is 13.8. The van der Waals surface area contributed by atoms with Gasteiger partial charge in [-0.2, -0.15) is 0 Å². The van der Waals surface area contributed by atoms with Crippen LogP contribution in [0.3, 0.4) is 0 Å². The van der Waals surface area contributed by atoms with E-state index in [1.165, 1.54) is 32.4 Å². The van der Waals surface area contributed by atoms with Crippen molar-refractivity contribution in [3.63, 3.8) is 0 Å². The molecular formula is C26H30N2O6S. The molecule has 3 aromatic carbocycles. The average molecular weight is 499 g/mol. The minimum Gasteiger partial charge on any atom is -0.494 e. The summed E-state index contributed by atoms with van der Waals surface area (Å²) >= 11 is 0. The first kappa shape index (κ1) is 25.9. The van der Waals surface area contributed by atoms with Crippen molar-refractivity contribution >= 4 is 27.3 Å². The Morgan fingerprint density at radius 3 is 2.23 bits per heavy atom. The van der Waals surface area contributed by atoms with E-state index in [0.29, 0.717) is 29.5 Å². The van der Waals surface area contributed by atoms with Crippen LogP contribution in [0, 0.1) is 13.8 Å². The monoisotopic (exact) mass is 498 g/mol. The summed E-state index contributed by atoms with van der Waals surface area (Å²) in [6.07, 6.45) is 0. The van der Waals surface area contributed by atoms with Crippen molar-refractivity contribution in [2.45, 2.75) is 25.7 Å². The second-order valence-electron chi connectivity index (χ2n) is 7.88. The highest BCUT2D eigenvalue weighted by Gasteiger charge is 2.29. The van der Waals surface area contributed by atoms with Crippen LogP contribution < -0.4 is 23.8 Å². The number of sulfonamides is 1. The van der Waals surface area contributed by atoms with Crippen molar-refractivity contribution in [1.29, 1.82) is 0 Å². The molecule has 35 heavy (non-hydrogen) atoms. The fourth-order valence-corrected chi connectivity index (χ4v) is 5.10. The summed E-state index contributed by atoms with van der Waals surface area (Å²) in [7, 11) is -1.24. The Morgan fingerprint density at radius 2 is 1.60 bits per heavy atom. The summed E-state index contributed by atoms with van der Waals surface area (Å²) in [6.45, 7) is 5.67. The molecule has 0 unspecified atom stereocenters. The van der Waals surface area contributed by atoms with E-state index < -0.39 is 22.5 Å². The van der Waals surface area contributed by atoms with Gasteiger partial charge in [0.2, 0.25) is 5.91 Å². The Kier molecular flexibility index (Phi) is 8.24. The topological polar surface area (TPSA) is 94.2 Å². The van der Waals surface area contributed by atoms with Gasteiger partial charge in [-0.15, -0.1) is 0 Å². The molecule has 9 heteroatoms. The summed E-state index contributed by atoms with van der Waals surface area (Å²) in [5, 5.41) is 2.76. The van der Waals surface area contributed by atoms with Gasteiger partial charge in [0, 0.05) is 17.8 Å². The minimum atomic E-state index is -4.14. The van der Waals surface area contributed by atoms with E-state index in [2.05, 4.69) is 5.32 Å². The van der Waals surface area contributed by atoms with Crippen LogP contribution in [0.25, 0.3) is 0 Å². The van der Waals surface area contributed by atoms with Crippen LogP contribution in [0.1, 0.15) is 18.1 Å². The molecule has 8 nitrogen and oxygen atoms in total. The molecular weight excluding hydrogens is 468 g/mol. The van der Waals surface area contributed by atoms with Gasteiger partial charge in [0.05, 0.1) is 31.4 Å². The Hall–Kier alpha value is -3.72. The molecule has 0 heterocycles. The molecule has 0 aliphatic rings. The van der Waals surface area contributed by atoms with Gasteiger partial charge in [-0.05, 0) is 68.3 Å². The quantitative estimate of drug-likeness (QED) is 0.441. The normalized spacial score (nSPS) is 11.0. The molecule has 3 aromatic rings. The highest BCUT2D eigenvalue weighted by molar-refractivity contribution is 7.92. The predicted molar refractivity (Wildman–Crippen MR) is 136 cm³/mol. The molecule has 0 saturated carbocycles. The number of rotatable bonds is 10. The smallest absolute Gasteiger partial charge is 0.264 e. The molecule has 1 N–H and O–H groups in total. The lowest BCUT2D eigenvalue weighted by Gasteiger charge is -2.25. The number of amides is 1. The number of nitrogens with one attached hydrogen (secondary N) is 1. The van der Waals surface area contributed by atoms with E-state index in [4.69, 9.17) is 14.2 Å². The van der Waals surface area contributed by atoms with Crippen LogP contribution in [0.15, 0.2) is 65.6 Å². The number of benzene rings is 3. The third-order valence-electron chi connectivity index (χ3n) is 5.15. The molecule has 0 saturated heterocycles. The zero-order valence-electron chi connectivity index (χ0n) is 20.5. The van der Waals surface area contributed by atoms with Crippen LogP contribution in [0.5, 0.6) is 17.2 Å². The molecule has 0 radical (unpaired) electrons. The first-order valence-corrected chi connectivity index (χ1v) is 12.5. The number of anilines is 2. The molecule has 0 aromatic heterocycles. The maximum atomic E-state index is 13.8. The summed E-state index contributed by atoms with van der Waals surface area (Å²) in [5.74, 6) is 0.777. The van der Waals surface area contributed by atoms with E-state index >= 15 is 0 Å². The summed E-state index contributed by atoms with van der Waals surface area (Å²) in [5.41, 5.74) is 2.63. The summed E-state index contributed by atoms with van der Waals surface area (Å²) in [6, 6.07) is 16.7. The van der Waals surface area contributed by atoms with Crippen LogP contribution in [-0.4, -0.2) is 41.7 Å². The van der Waals surface area contributed by atoms with Gasteiger partial charge >= 0.3 is 0 Å². The third-order valence-corrected chi connectivity index (χ3v) is 6.92. The van der Waals surface area contributed by atoms with Crippen LogP contribution >= 0.6 is 0 Å². The molecule has 0 aliphatic heterocycles. The molecule has 0 bridgehead atoms. The van der Waals surface area contributed by atoms with Crippen LogP contribution in [0.2, 0.25) is 0 Å². The molecule has 0 spiro atoms. The number of methoxy groups -OCH3 is 2. The Morgan fingerprint density at radius 1 is 0.914 bits per heavy atom. The summed E-state index contributed by atoms with van der Waals surface area (Å²) in [4.78, 5) is 13.0. The van der Waals surface area contributed by atoms with Crippen molar-refractivity contribution in [3.05, 3.63) is 71.8 Å². The van der Waals surface area contributed by atoms with E-state index in [0.717, 1.165) is 15.4 Å². The van der Waals surface area contributed by atoms with Crippen LogP contribution in [0.4, 0.5) is 11.4 Å². The fourth-order valence-electron chi connectivity index (χ4n) is 3.68. The van der Waals surface area contributed by atoms with Gasteiger partial charge in [-0.1, -0.05) is 12.1 Å². The first-order chi connectivity index (χ1) is 16.7. The lowest BCUT2D eigenvalue weighted by atomic mass is 10.1. The number of hydrogen-bond donors (Lipinski definition) is 1. The van der Waals surface area contributed by atoms with E-state index in [-0.39, 0.29) is 10.6 Å². The third kappa shape index (κ3) is 6.24. The molecule has 186 valence electrons. The van der Waals surface area contributed by atoms with Crippen molar-refractivity contribution in [3.8, 4) is 17.2 Å². The molecule has 0 aliphatic carbocycles. The van der Waals surface area contributed by atoms with Gasteiger partial charge in [0.15, 0.2) is 11.5 Å². The van der Waals surface area contributed by atoms with Gasteiger partial charge in [-0.3, -0.25) is 9.10 Å². The van der Waals surface area contributed by atoms with Crippen molar-refractivity contribution < 1.29 is 27.4 Å². The van der Waals surface area contributed by atoms with Crippen molar-refractivity contribution in [1.82, 2.24) is 0 Å². The average Bonchev–Trinajstić information content (AvgIpc) is 2.81. The van der Waals surface area contributed by atoms with Crippen LogP contribution in [-0.2, 0) is 14.8 Å². The molecule has 0 fully saturated rings. The maximum Gasteiger partial charge on any atom is 0.264 e. The molecule has 0 atom stereocenters. The highest BCUT2D eigenvalue weighted by Crippen LogP contribution is 2.32. The fraction of sp³-hybridized carbons (Fsp3) is 0.269. The molecule has 3 rings (SSSR count). The first-order valence-electron chi connectivity index (χ1n) is 11.0. The zero-order chi connectivity index (χ0) is 25.6. The van der Waals surface area contributed by atoms with Gasteiger partial charge in [0.1, 0.15) is 12.3 Å². The number of hydrogen-bond acceptors (Lipinski definition) is 6. The number of nitrogens with zero attached hydrogens (tertiary/aromatic N) is 1. The van der Waals surface area contributed by atoms with Crippen molar-refractivity contribution in [2.75, 3.05) is 37.0 Å². The Balaban J connectivity index is 2.00. The lowest BCUT2D eigenvalue weighted by molar-refractivity contribution is -0.114. The standard InChI is InChI=1S/C26H30N2O6S/c1-6-34-22-9-7-8-20(15-22)27-26(29)17-28(21-13-18(2)12-19(3)14-21)35(30,31)23-10-11-24(32-4)25(16-23)33-5/h7-16H,6,17H2,1-5H3,(H,27,29). The van der Waals surface area contributed by atoms with Gasteiger partial charge in [-0.25, -0.2) is 8.42 Å². The predicted octanol–water partition coefficient (Wildman–Crippen LogP) is 4.55. The second-order valence-corrected chi connectivity index (χ2v) is 9.75. The Bertz CT molecular complexity index is 1290. The second kappa shape index (κ2) is 11.1. The van der Waals surface area contributed by atoms with Gasteiger partial charge in [0.25, 0.3) is 10.0 Å². The summed E-state index contributed by atoms with van der Waals surface area (Å²) < 4.78 is 44.6. The van der Waals surface area contributed by atoms with Crippen molar-refractivity contribution in [2.24, 2.45) is 0 Å². The minimum absolute atomic E-state index is 0.0274. The van der Waals surface area contributed by atoms with E-state index in [1.807, 2.05) is 26.8 Å². The Labute approximate surface area is 206 Å². The number of ether oxygens (including phenoxy) is 3. The van der Waals surface area contributed by atoms with E-state index in [1.54, 1.807) is 36.4 Å².